The second-order valence-corrected chi connectivity index (χ2v) is 4.03. The van der Waals surface area contributed by atoms with Gasteiger partial charge in [0.1, 0.15) is 11.4 Å². The van der Waals surface area contributed by atoms with Crippen molar-refractivity contribution in [1.29, 1.82) is 0 Å². The zero-order valence-electron chi connectivity index (χ0n) is 10.9. The summed E-state index contributed by atoms with van der Waals surface area (Å²) in [6, 6.07) is 3.79. The molecule has 1 N–H and O–H groups in total. The van der Waals surface area contributed by atoms with E-state index in [2.05, 4.69) is 22.3 Å². The number of hydrogen-bond acceptors (Lipinski definition) is 4. The summed E-state index contributed by atoms with van der Waals surface area (Å²) in [5.41, 5.74) is 1.96. The highest BCUT2D eigenvalue weighted by molar-refractivity contribution is 5.35. The fourth-order valence-corrected chi connectivity index (χ4v) is 1.96. The second-order valence-electron chi connectivity index (χ2n) is 4.03. The number of pyridine rings is 1. The van der Waals surface area contributed by atoms with Crippen molar-refractivity contribution in [2.75, 3.05) is 13.7 Å². The molecule has 0 aliphatic carbocycles. The van der Waals surface area contributed by atoms with E-state index in [0.717, 1.165) is 23.6 Å². The molecule has 2 heterocycles. The first-order valence-corrected chi connectivity index (χ1v) is 5.97. The topological polar surface area (TPSA) is 52.0 Å². The van der Waals surface area contributed by atoms with E-state index < -0.39 is 0 Å². The lowest BCUT2D eigenvalue weighted by Crippen LogP contribution is -2.23. The average molecular weight is 246 g/mol. The molecule has 0 amide bonds. The second kappa shape index (κ2) is 5.64. The predicted octanol–water partition coefficient (Wildman–Crippen LogP) is 1.52. The predicted molar refractivity (Wildman–Crippen MR) is 69.5 cm³/mol. The Kier molecular flexibility index (Phi) is 3.94. The van der Waals surface area contributed by atoms with Gasteiger partial charge < -0.3 is 10.1 Å². The Morgan fingerprint density at radius 2 is 2.33 bits per heavy atom. The van der Waals surface area contributed by atoms with Gasteiger partial charge >= 0.3 is 0 Å². The van der Waals surface area contributed by atoms with Crippen LogP contribution in [0.25, 0.3) is 0 Å². The van der Waals surface area contributed by atoms with E-state index in [-0.39, 0.29) is 6.04 Å². The molecule has 5 nitrogen and oxygen atoms in total. The van der Waals surface area contributed by atoms with Gasteiger partial charge in [0.2, 0.25) is 0 Å². The van der Waals surface area contributed by atoms with Crippen LogP contribution in [0.4, 0.5) is 0 Å². The third kappa shape index (κ3) is 2.51. The number of nitrogens with one attached hydrogen (secondary N) is 1. The highest BCUT2D eigenvalue weighted by Crippen LogP contribution is 2.27. The van der Waals surface area contributed by atoms with Gasteiger partial charge in [0.05, 0.1) is 19.3 Å². The number of hydrogen-bond donors (Lipinski definition) is 1. The van der Waals surface area contributed by atoms with Crippen molar-refractivity contribution in [3.63, 3.8) is 0 Å². The highest BCUT2D eigenvalue weighted by atomic mass is 16.5. The zero-order chi connectivity index (χ0) is 13.0. The van der Waals surface area contributed by atoms with Crippen molar-refractivity contribution in [2.45, 2.75) is 13.0 Å². The van der Waals surface area contributed by atoms with Gasteiger partial charge in [0.25, 0.3) is 0 Å². The number of nitrogens with zero attached hydrogens (tertiary/aromatic N) is 3. The van der Waals surface area contributed by atoms with Crippen LogP contribution in [0.15, 0.2) is 30.7 Å². The van der Waals surface area contributed by atoms with E-state index in [1.807, 2.05) is 31.6 Å². The monoisotopic (exact) mass is 246 g/mol. The summed E-state index contributed by atoms with van der Waals surface area (Å²) >= 11 is 0. The molecule has 0 radical (unpaired) electrons. The maximum Gasteiger partial charge on any atom is 0.142 e. The van der Waals surface area contributed by atoms with Crippen molar-refractivity contribution in [3.8, 4) is 5.75 Å². The average Bonchev–Trinajstić information content (AvgIpc) is 2.82. The molecule has 5 heteroatoms. The normalized spacial score (nSPS) is 12.4. The third-order valence-corrected chi connectivity index (χ3v) is 2.76. The number of ether oxygens (including phenoxy) is 1. The summed E-state index contributed by atoms with van der Waals surface area (Å²) in [4.78, 5) is 4.43. The molecule has 96 valence electrons. The fourth-order valence-electron chi connectivity index (χ4n) is 1.96. The van der Waals surface area contributed by atoms with Crippen LogP contribution in [0.5, 0.6) is 5.75 Å². The number of aryl methyl sites for hydroxylation is 1. The van der Waals surface area contributed by atoms with Crippen molar-refractivity contribution in [2.24, 2.45) is 7.05 Å². The Balaban J connectivity index is 2.41. The van der Waals surface area contributed by atoms with Gasteiger partial charge in [-0.05, 0) is 18.7 Å². The van der Waals surface area contributed by atoms with Crippen LogP contribution < -0.4 is 10.1 Å². The molecular weight excluding hydrogens is 228 g/mol. The Morgan fingerprint density at radius 3 is 2.94 bits per heavy atom. The molecule has 1 atom stereocenters. The Bertz CT molecular complexity index is 509. The lowest BCUT2D eigenvalue weighted by molar-refractivity contribution is 0.400. The van der Waals surface area contributed by atoms with Crippen LogP contribution in [0, 0.1) is 0 Å². The Hall–Kier alpha value is -1.88. The summed E-state index contributed by atoms with van der Waals surface area (Å²) in [6.45, 7) is 2.91. The molecule has 0 aromatic carbocycles. The number of methoxy groups -OCH3 is 1. The molecule has 0 saturated carbocycles. The van der Waals surface area contributed by atoms with Crippen LogP contribution in [0.2, 0.25) is 0 Å². The maximum atomic E-state index is 5.37. The lowest BCUT2D eigenvalue weighted by atomic mass is 10.1. The van der Waals surface area contributed by atoms with Crippen molar-refractivity contribution in [3.05, 3.63) is 42.0 Å². The largest absolute Gasteiger partial charge is 0.495 e. The molecule has 0 aliphatic rings. The molecule has 2 aromatic rings. The molecule has 18 heavy (non-hydrogen) atoms. The first-order chi connectivity index (χ1) is 8.76. The summed E-state index contributed by atoms with van der Waals surface area (Å²) in [5, 5.41) is 7.62. The molecular formula is C13H18N4O. The molecule has 2 rings (SSSR count). The van der Waals surface area contributed by atoms with Gasteiger partial charge in [-0.3, -0.25) is 9.67 Å². The van der Waals surface area contributed by atoms with E-state index in [1.165, 1.54) is 0 Å². The van der Waals surface area contributed by atoms with Gasteiger partial charge in [-0.1, -0.05) is 6.92 Å². The number of rotatable bonds is 5. The van der Waals surface area contributed by atoms with Crippen molar-refractivity contribution in [1.82, 2.24) is 20.1 Å². The first-order valence-electron chi connectivity index (χ1n) is 5.97. The van der Waals surface area contributed by atoms with Crippen LogP contribution in [0.1, 0.15) is 24.2 Å². The molecule has 2 aromatic heterocycles. The summed E-state index contributed by atoms with van der Waals surface area (Å²) in [6.07, 6.45) is 5.61. The minimum atomic E-state index is -0.000139. The minimum Gasteiger partial charge on any atom is -0.495 e. The van der Waals surface area contributed by atoms with Crippen LogP contribution >= 0.6 is 0 Å². The highest BCUT2D eigenvalue weighted by Gasteiger charge is 2.19. The maximum absolute atomic E-state index is 5.37. The SMILES string of the molecule is CCNC(c1cnn(C)c1)c1ncccc1OC. The van der Waals surface area contributed by atoms with Gasteiger partial charge in [-0.2, -0.15) is 5.10 Å². The van der Waals surface area contributed by atoms with E-state index in [0.29, 0.717) is 0 Å². The molecule has 0 fully saturated rings. The van der Waals surface area contributed by atoms with Gasteiger partial charge in [0, 0.05) is 25.0 Å². The fraction of sp³-hybridized carbons (Fsp3) is 0.385. The summed E-state index contributed by atoms with van der Waals surface area (Å²) < 4.78 is 7.16. The molecule has 0 spiro atoms. The van der Waals surface area contributed by atoms with Gasteiger partial charge in [-0.15, -0.1) is 0 Å². The summed E-state index contributed by atoms with van der Waals surface area (Å²) in [5.74, 6) is 0.785. The van der Waals surface area contributed by atoms with Crippen LogP contribution in [-0.4, -0.2) is 28.4 Å². The quantitative estimate of drug-likeness (QED) is 0.869. The Labute approximate surface area is 107 Å². The molecule has 0 saturated heterocycles. The minimum absolute atomic E-state index is 0.000139. The first kappa shape index (κ1) is 12.6. The summed E-state index contributed by atoms with van der Waals surface area (Å²) in [7, 11) is 3.56. The van der Waals surface area contributed by atoms with Gasteiger partial charge in [0.15, 0.2) is 0 Å². The molecule has 0 aliphatic heterocycles. The number of aromatic nitrogens is 3. The Morgan fingerprint density at radius 1 is 1.50 bits per heavy atom. The lowest BCUT2D eigenvalue weighted by Gasteiger charge is -2.18. The van der Waals surface area contributed by atoms with E-state index in [4.69, 9.17) is 4.74 Å². The zero-order valence-corrected chi connectivity index (χ0v) is 10.9. The molecule has 0 bridgehead atoms. The van der Waals surface area contributed by atoms with E-state index in [1.54, 1.807) is 18.0 Å². The van der Waals surface area contributed by atoms with Crippen LogP contribution in [-0.2, 0) is 7.05 Å². The van der Waals surface area contributed by atoms with Crippen LogP contribution in [0.3, 0.4) is 0 Å². The molecule has 1 unspecified atom stereocenters. The van der Waals surface area contributed by atoms with Crippen molar-refractivity contribution < 1.29 is 4.74 Å². The third-order valence-electron chi connectivity index (χ3n) is 2.76. The van der Waals surface area contributed by atoms with Gasteiger partial charge in [-0.25, -0.2) is 0 Å². The van der Waals surface area contributed by atoms with Crippen molar-refractivity contribution >= 4 is 0 Å². The smallest absolute Gasteiger partial charge is 0.142 e. The van der Waals surface area contributed by atoms with E-state index in [9.17, 15) is 0 Å². The standard InChI is InChI=1S/C13H18N4O/c1-4-14-12(10-8-16-17(2)9-10)13-11(18-3)6-5-7-15-13/h5-9,12,14H,4H2,1-3H3. The van der Waals surface area contributed by atoms with E-state index >= 15 is 0 Å².